The highest BCUT2D eigenvalue weighted by molar-refractivity contribution is 7.17. The van der Waals surface area contributed by atoms with Gasteiger partial charge in [0.05, 0.1) is 5.39 Å². The highest BCUT2D eigenvalue weighted by Crippen LogP contribution is 2.38. The maximum absolute atomic E-state index is 12.3. The van der Waals surface area contributed by atoms with Gasteiger partial charge >= 0.3 is 0 Å². The second-order valence-electron chi connectivity index (χ2n) is 7.36. The molecular formula is C21H24N4OS. The van der Waals surface area contributed by atoms with Gasteiger partial charge in [0.1, 0.15) is 17.0 Å². The minimum atomic E-state index is 0.0484. The lowest BCUT2D eigenvalue weighted by atomic mass is 10.0. The van der Waals surface area contributed by atoms with E-state index < -0.39 is 0 Å². The average molecular weight is 381 g/mol. The fourth-order valence-electron chi connectivity index (χ4n) is 3.55. The SMILES string of the molecule is Cc1ccc(-c2csc3ncnc(N4CCN(C(=O)C(C)C)CC4)c23)cc1. The lowest BCUT2D eigenvalue weighted by molar-refractivity contribution is -0.134. The van der Waals surface area contributed by atoms with Crippen molar-refractivity contribution >= 4 is 33.3 Å². The Bertz CT molecular complexity index is 956. The van der Waals surface area contributed by atoms with Gasteiger partial charge in [-0.3, -0.25) is 4.79 Å². The quantitative estimate of drug-likeness (QED) is 0.690. The van der Waals surface area contributed by atoms with Crippen molar-refractivity contribution in [2.45, 2.75) is 20.8 Å². The summed E-state index contributed by atoms with van der Waals surface area (Å²) in [5.41, 5.74) is 3.63. The van der Waals surface area contributed by atoms with E-state index in [2.05, 4.69) is 51.4 Å². The van der Waals surface area contributed by atoms with E-state index >= 15 is 0 Å². The van der Waals surface area contributed by atoms with Gasteiger partial charge in [0.15, 0.2) is 0 Å². The molecule has 0 spiro atoms. The molecule has 1 aromatic carbocycles. The number of anilines is 1. The van der Waals surface area contributed by atoms with Crippen LogP contribution in [0.4, 0.5) is 5.82 Å². The largest absolute Gasteiger partial charge is 0.352 e. The van der Waals surface area contributed by atoms with Crippen molar-refractivity contribution < 1.29 is 4.79 Å². The number of thiophene rings is 1. The van der Waals surface area contributed by atoms with E-state index in [1.807, 2.05) is 18.7 Å². The number of fused-ring (bicyclic) bond motifs is 1. The number of amides is 1. The van der Waals surface area contributed by atoms with E-state index in [0.717, 1.165) is 42.2 Å². The number of hydrogen-bond donors (Lipinski definition) is 0. The molecule has 1 aliphatic heterocycles. The van der Waals surface area contributed by atoms with Gasteiger partial charge in [-0.05, 0) is 12.5 Å². The van der Waals surface area contributed by atoms with Crippen LogP contribution in [0.1, 0.15) is 19.4 Å². The van der Waals surface area contributed by atoms with Gasteiger partial charge in [0.25, 0.3) is 0 Å². The third-order valence-corrected chi connectivity index (χ3v) is 5.98. The van der Waals surface area contributed by atoms with Crippen LogP contribution < -0.4 is 4.90 Å². The number of rotatable bonds is 3. The van der Waals surface area contributed by atoms with Gasteiger partial charge in [0, 0.05) is 43.0 Å². The van der Waals surface area contributed by atoms with Gasteiger partial charge < -0.3 is 9.80 Å². The molecule has 2 aromatic heterocycles. The molecule has 140 valence electrons. The predicted molar refractivity (Wildman–Crippen MR) is 111 cm³/mol. The fourth-order valence-corrected chi connectivity index (χ4v) is 4.46. The zero-order valence-electron chi connectivity index (χ0n) is 16.0. The molecule has 1 saturated heterocycles. The third kappa shape index (κ3) is 3.41. The molecule has 3 heterocycles. The van der Waals surface area contributed by atoms with Crippen molar-refractivity contribution in [3.63, 3.8) is 0 Å². The van der Waals surface area contributed by atoms with Gasteiger partial charge in [0.2, 0.25) is 5.91 Å². The first-order valence-electron chi connectivity index (χ1n) is 9.37. The Hall–Kier alpha value is -2.47. The number of carbonyl (C=O) groups is 1. The zero-order valence-corrected chi connectivity index (χ0v) is 16.8. The van der Waals surface area contributed by atoms with Crippen molar-refractivity contribution in [2.24, 2.45) is 5.92 Å². The Morgan fingerprint density at radius 2 is 1.78 bits per heavy atom. The molecular weight excluding hydrogens is 356 g/mol. The lowest BCUT2D eigenvalue weighted by Gasteiger charge is -2.36. The predicted octanol–water partition coefficient (Wildman–Crippen LogP) is 3.97. The van der Waals surface area contributed by atoms with Crippen molar-refractivity contribution in [1.29, 1.82) is 0 Å². The molecule has 0 atom stereocenters. The first-order valence-corrected chi connectivity index (χ1v) is 10.3. The first kappa shape index (κ1) is 17.9. The summed E-state index contributed by atoms with van der Waals surface area (Å²) < 4.78 is 0. The van der Waals surface area contributed by atoms with Crippen LogP contribution in [0.5, 0.6) is 0 Å². The highest BCUT2D eigenvalue weighted by Gasteiger charge is 2.25. The van der Waals surface area contributed by atoms with E-state index in [-0.39, 0.29) is 11.8 Å². The number of hydrogen-bond acceptors (Lipinski definition) is 5. The van der Waals surface area contributed by atoms with Crippen LogP contribution in [0, 0.1) is 12.8 Å². The first-order chi connectivity index (χ1) is 13.0. The van der Waals surface area contributed by atoms with Crippen LogP contribution in [0.2, 0.25) is 0 Å². The summed E-state index contributed by atoms with van der Waals surface area (Å²) in [6.07, 6.45) is 1.65. The summed E-state index contributed by atoms with van der Waals surface area (Å²) in [4.78, 5) is 26.6. The molecule has 5 nitrogen and oxygen atoms in total. The number of aromatic nitrogens is 2. The van der Waals surface area contributed by atoms with E-state index in [1.165, 1.54) is 16.7 Å². The number of aryl methyl sites for hydroxylation is 1. The third-order valence-electron chi connectivity index (χ3n) is 5.10. The molecule has 0 bridgehead atoms. The Labute approximate surface area is 163 Å². The second-order valence-corrected chi connectivity index (χ2v) is 8.22. The van der Waals surface area contributed by atoms with E-state index in [4.69, 9.17) is 0 Å². The topological polar surface area (TPSA) is 49.3 Å². The van der Waals surface area contributed by atoms with Crippen molar-refractivity contribution in [3.05, 3.63) is 41.5 Å². The van der Waals surface area contributed by atoms with Crippen LogP contribution >= 0.6 is 11.3 Å². The number of carbonyl (C=O) groups excluding carboxylic acids is 1. The van der Waals surface area contributed by atoms with Gasteiger partial charge in [-0.1, -0.05) is 43.7 Å². The molecule has 0 saturated carbocycles. The van der Waals surface area contributed by atoms with Crippen LogP contribution in [-0.2, 0) is 4.79 Å². The Morgan fingerprint density at radius 3 is 2.44 bits per heavy atom. The molecule has 0 aliphatic carbocycles. The lowest BCUT2D eigenvalue weighted by Crippen LogP contribution is -2.50. The Balaban J connectivity index is 1.66. The van der Waals surface area contributed by atoms with Gasteiger partial charge in [-0.25, -0.2) is 9.97 Å². The van der Waals surface area contributed by atoms with Gasteiger partial charge in [-0.15, -0.1) is 11.3 Å². The second kappa shape index (κ2) is 7.27. The highest BCUT2D eigenvalue weighted by atomic mass is 32.1. The normalized spacial score (nSPS) is 15.0. The zero-order chi connectivity index (χ0) is 19.0. The van der Waals surface area contributed by atoms with Crippen molar-refractivity contribution in [3.8, 4) is 11.1 Å². The van der Waals surface area contributed by atoms with Crippen molar-refractivity contribution in [2.75, 3.05) is 31.1 Å². The minimum absolute atomic E-state index is 0.0484. The fraction of sp³-hybridized carbons (Fsp3) is 0.381. The molecule has 0 unspecified atom stereocenters. The van der Waals surface area contributed by atoms with Crippen LogP contribution in [0.3, 0.4) is 0 Å². The van der Waals surface area contributed by atoms with Gasteiger partial charge in [-0.2, -0.15) is 0 Å². The maximum Gasteiger partial charge on any atom is 0.225 e. The average Bonchev–Trinajstić information content (AvgIpc) is 3.12. The molecule has 0 radical (unpaired) electrons. The summed E-state index contributed by atoms with van der Waals surface area (Å²) >= 11 is 1.66. The standard InChI is InChI=1S/C21H24N4OS/c1-14(2)21(26)25-10-8-24(9-11-25)19-18-17(12-27-20(18)23-13-22-19)16-6-4-15(3)5-7-16/h4-7,12-14H,8-11H2,1-3H3. The molecule has 1 amide bonds. The molecule has 4 rings (SSSR count). The molecule has 0 N–H and O–H groups in total. The maximum atomic E-state index is 12.3. The van der Waals surface area contributed by atoms with Crippen LogP contribution in [0.25, 0.3) is 21.3 Å². The smallest absolute Gasteiger partial charge is 0.225 e. The summed E-state index contributed by atoms with van der Waals surface area (Å²) in [6, 6.07) is 8.59. The monoisotopic (exact) mass is 380 g/mol. The van der Waals surface area contributed by atoms with E-state index in [0.29, 0.717) is 0 Å². The summed E-state index contributed by atoms with van der Waals surface area (Å²) in [5, 5.41) is 3.29. The Morgan fingerprint density at radius 1 is 1.07 bits per heavy atom. The summed E-state index contributed by atoms with van der Waals surface area (Å²) in [5.74, 6) is 1.26. The number of benzene rings is 1. The number of nitrogens with zero attached hydrogens (tertiary/aromatic N) is 4. The number of piperazine rings is 1. The molecule has 1 aliphatic rings. The van der Waals surface area contributed by atoms with Crippen LogP contribution in [-0.4, -0.2) is 47.0 Å². The molecule has 1 fully saturated rings. The molecule has 27 heavy (non-hydrogen) atoms. The van der Waals surface area contributed by atoms with Crippen molar-refractivity contribution in [1.82, 2.24) is 14.9 Å². The Kier molecular flexibility index (Phi) is 4.83. The molecule has 3 aromatic rings. The molecule has 6 heteroatoms. The van der Waals surface area contributed by atoms with Crippen LogP contribution in [0.15, 0.2) is 36.0 Å². The minimum Gasteiger partial charge on any atom is -0.352 e. The van der Waals surface area contributed by atoms with E-state index in [1.54, 1.807) is 17.7 Å². The summed E-state index contributed by atoms with van der Waals surface area (Å²) in [6.45, 7) is 9.10. The van der Waals surface area contributed by atoms with E-state index in [9.17, 15) is 4.79 Å². The summed E-state index contributed by atoms with van der Waals surface area (Å²) in [7, 11) is 0.